The molecule has 0 fully saturated rings. The van der Waals surface area contributed by atoms with Gasteiger partial charge in [-0.2, -0.15) is 0 Å². The number of hydrogen-bond acceptors (Lipinski definition) is 2. The first-order valence-corrected chi connectivity index (χ1v) is 4.94. The molecule has 0 saturated heterocycles. The van der Waals surface area contributed by atoms with Gasteiger partial charge in [-0.1, -0.05) is 6.92 Å². The first-order chi connectivity index (χ1) is 6.24. The van der Waals surface area contributed by atoms with Gasteiger partial charge in [-0.15, -0.1) is 0 Å². The summed E-state index contributed by atoms with van der Waals surface area (Å²) in [7, 11) is 0. The second kappa shape index (κ2) is 5.02. The minimum Gasteiger partial charge on any atom is -0.333 e. The van der Waals surface area contributed by atoms with Gasteiger partial charge < -0.3 is 9.88 Å². The van der Waals surface area contributed by atoms with Crippen molar-refractivity contribution >= 4 is 0 Å². The zero-order chi connectivity index (χ0) is 9.68. The average Bonchev–Trinajstić information content (AvgIpc) is 2.66. The van der Waals surface area contributed by atoms with E-state index in [9.17, 15) is 0 Å². The second-order valence-corrected chi connectivity index (χ2v) is 3.58. The molecule has 0 aliphatic carbocycles. The summed E-state index contributed by atoms with van der Waals surface area (Å²) in [6, 6.07) is 1.09. The van der Waals surface area contributed by atoms with Crippen LogP contribution in [0.1, 0.15) is 33.2 Å². The Kier molecular flexibility index (Phi) is 3.96. The Morgan fingerprint density at radius 3 is 2.77 bits per heavy atom. The summed E-state index contributed by atoms with van der Waals surface area (Å²) >= 11 is 0. The quantitative estimate of drug-likeness (QED) is 0.751. The Morgan fingerprint density at radius 1 is 1.46 bits per heavy atom. The van der Waals surface area contributed by atoms with E-state index in [1.165, 1.54) is 6.42 Å². The van der Waals surface area contributed by atoms with Crippen LogP contribution in [0.2, 0.25) is 0 Å². The summed E-state index contributed by atoms with van der Waals surface area (Å²) in [4.78, 5) is 4.03. The molecule has 0 amide bonds. The van der Waals surface area contributed by atoms with Crippen LogP contribution in [-0.4, -0.2) is 22.1 Å². The maximum atomic E-state index is 4.03. The van der Waals surface area contributed by atoms with E-state index in [2.05, 4.69) is 35.6 Å². The van der Waals surface area contributed by atoms with E-state index >= 15 is 0 Å². The highest BCUT2D eigenvalue weighted by atomic mass is 15.1. The molecule has 13 heavy (non-hydrogen) atoms. The molecule has 0 saturated carbocycles. The fourth-order valence-electron chi connectivity index (χ4n) is 1.15. The third-order valence-electron chi connectivity index (χ3n) is 2.41. The van der Waals surface area contributed by atoms with Gasteiger partial charge >= 0.3 is 0 Å². The van der Waals surface area contributed by atoms with Crippen molar-refractivity contribution in [3.63, 3.8) is 0 Å². The van der Waals surface area contributed by atoms with E-state index < -0.39 is 0 Å². The van der Waals surface area contributed by atoms with Crippen molar-refractivity contribution < 1.29 is 0 Å². The van der Waals surface area contributed by atoms with Gasteiger partial charge in [0, 0.05) is 31.0 Å². The Hall–Kier alpha value is -0.830. The van der Waals surface area contributed by atoms with Crippen molar-refractivity contribution in [3.8, 4) is 0 Å². The van der Waals surface area contributed by atoms with E-state index in [4.69, 9.17) is 0 Å². The molecular weight excluding hydrogens is 162 g/mol. The van der Waals surface area contributed by atoms with Crippen LogP contribution in [0.5, 0.6) is 0 Å². The van der Waals surface area contributed by atoms with Gasteiger partial charge in [0.25, 0.3) is 0 Å². The standard InChI is InChI=1S/C10H19N3/c1-4-9(2)12-7-10(3)13-6-5-11-8-13/h5-6,8-10,12H,4,7H2,1-3H3. The number of aromatic nitrogens is 2. The molecule has 2 atom stereocenters. The van der Waals surface area contributed by atoms with E-state index in [1.54, 1.807) is 0 Å². The van der Waals surface area contributed by atoms with Crippen LogP contribution in [0.3, 0.4) is 0 Å². The first kappa shape index (κ1) is 10.3. The monoisotopic (exact) mass is 181 g/mol. The summed E-state index contributed by atoms with van der Waals surface area (Å²) in [5.74, 6) is 0. The highest BCUT2D eigenvalue weighted by Gasteiger charge is 2.04. The van der Waals surface area contributed by atoms with Crippen molar-refractivity contribution in [1.82, 2.24) is 14.9 Å². The molecule has 0 spiro atoms. The minimum absolute atomic E-state index is 0.483. The van der Waals surface area contributed by atoms with Crippen LogP contribution < -0.4 is 5.32 Å². The molecule has 0 aliphatic heterocycles. The predicted octanol–water partition coefficient (Wildman–Crippen LogP) is 1.83. The number of imidazole rings is 1. The smallest absolute Gasteiger partial charge is 0.0948 e. The Morgan fingerprint density at radius 2 is 2.23 bits per heavy atom. The molecule has 1 heterocycles. The van der Waals surface area contributed by atoms with Gasteiger partial charge in [-0.05, 0) is 20.3 Å². The summed E-state index contributed by atoms with van der Waals surface area (Å²) in [5, 5.41) is 3.47. The lowest BCUT2D eigenvalue weighted by Gasteiger charge is -2.17. The van der Waals surface area contributed by atoms with E-state index in [-0.39, 0.29) is 0 Å². The predicted molar refractivity (Wildman–Crippen MR) is 54.7 cm³/mol. The lowest BCUT2D eigenvalue weighted by atomic mass is 10.2. The highest BCUT2D eigenvalue weighted by molar-refractivity contribution is 4.79. The molecular formula is C10H19N3. The Bertz CT molecular complexity index is 218. The van der Waals surface area contributed by atoms with Crippen molar-refractivity contribution in [3.05, 3.63) is 18.7 Å². The second-order valence-electron chi connectivity index (χ2n) is 3.58. The zero-order valence-electron chi connectivity index (χ0n) is 8.70. The van der Waals surface area contributed by atoms with Crippen molar-refractivity contribution in [1.29, 1.82) is 0 Å². The fourth-order valence-corrected chi connectivity index (χ4v) is 1.15. The SMILES string of the molecule is CCC(C)NCC(C)n1ccnc1. The highest BCUT2D eigenvalue weighted by Crippen LogP contribution is 2.02. The lowest BCUT2D eigenvalue weighted by Crippen LogP contribution is -2.30. The van der Waals surface area contributed by atoms with Crippen LogP contribution in [0.4, 0.5) is 0 Å². The molecule has 2 unspecified atom stereocenters. The minimum atomic E-state index is 0.483. The first-order valence-electron chi connectivity index (χ1n) is 4.94. The molecule has 1 aromatic heterocycles. The number of rotatable bonds is 5. The van der Waals surface area contributed by atoms with Gasteiger partial charge in [0.05, 0.1) is 6.33 Å². The number of hydrogen-bond donors (Lipinski definition) is 1. The molecule has 74 valence electrons. The summed E-state index contributed by atoms with van der Waals surface area (Å²) < 4.78 is 2.12. The molecule has 1 N–H and O–H groups in total. The van der Waals surface area contributed by atoms with Crippen LogP contribution in [0.15, 0.2) is 18.7 Å². The van der Waals surface area contributed by atoms with Gasteiger partial charge in [0.15, 0.2) is 0 Å². The fraction of sp³-hybridized carbons (Fsp3) is 0.700. The van der Waals surface area contributed by atoms with Crippen molar-refractivity contribution in [2.45, 2.75) is 39.3 Å². The van der Waals surface area contributed by atoms with Gasteiger partial charge in [0.1, 0.15) is 0 Å². The van der Waals surface area contributed by atoms with Crippen LogP contribution in [0.25, 0.3) is 0 Å². The summed E-state index contributed by atoms with van der Waals surface area (Å²) in [6.07, 6.45) is 6.86. The van der Waals surface area contributed by atoms with Crippen LogP contribution >= 0.6 is 0 Å². The van der Waals surface area contributed by atoms with Crippen LogP contribution in [0, 0.1) is 0 Å². The molecule has 0 aliphatic rings. The molecule has 1 aromatic rings. The van der Waals surface area contributed by atoms with Gasteiger partial charge in [-0.25, -0.2) is 4.98 Å². The van der Waals surface area contributed by atoms with Crippen LogP contribution in [-0.2, 0) is 0 Å². The third-order valence-corrected chi connectivity index (χ3v) is 2.41. The maximum absolute atomic E-state index is 4.03. The molecule has 3 heteroatoms. The number of nitrogens with one attached hydrogen (secondary N) is 1. The maximum Gasteiger partial charge on any atom is 0.0948 e. The summed E-state index contributed by atoms with van der Waals surface area (Å²) in [6.45, 7) is 7.60. The topological polar surface area (TPSA) is 29.9 Å². The molecule has 0 radical (unpaired) electrons. The van der Waals surface area contributed by atoms with E-state index in [1.807, 2.05) is 18.7 Å². The molecule has 0 bridgehead atoms. The Balaban J connectivity index is 2.30. The lowest BCUT2D eigenvalue weighted by molar-refractivity contribution is 0.445. The molecule has 3 nitrogen and oxygen atoms in total. The third kappa shape index (κ3) is 3.19. The van der Waals surface area contributed by atoms with Gasteiger partial charge in [0.2, 0.25) is 0 Å². The largest absolute Gasteiger partial charge is 0.333 e. The Labute approximate surface area is 80.2 Å². The van der Waals surface area contributed by atoms with Crippen molar-refractivity contribution in [2.24, 2.45) is 0 Å². The average molecular weight is 181 g/mol. The van der Waals surface area contributed by atoms with Crippen molar-refractivity contribution in [2.75, 3.05) is 6.54 Å². The molecule has 0 aromatic carbocycles. The normalized spacial score (nSPS) is 15.6. The molecule has 1 rings (SSSR count). The van der Waals surface area contributed by atoms with E-state index in [0.717, 1.165) is 6.54 Å². The number of nitrogens with zero attached hydrogens (tertiary/aromatic N) is 2. The summed E-state index contributed by atoms with van der Waals surface area (Å²) in [5.41, 5.74) is 0. The van der Waals surface area contributed by atoms with E-state index in [0.29, 0.717) is 12.1 Å². The van der Waals surface area contributed by atoms with Gasteiger partial charge in [-0.3, -0.25) is 0 Å². The zero-order valence-corrected chi connectivity index (χ0v) is 8.70.